The molecule has 74 valence electrons. The Morgan fingerprint density at radius 2 is 2.08 bits per heavy atom. The smallest absolute Gasteiger partial charge is 0.303 e. The lowest BCUT2D eigenvalue weighted by Gasteiger charge is -2.05. The molecule has 1 amide bonds. The van der Waals surface area contributed by atoms with Gasteiger partial charge in [-0.2, -0.15) is 0 Å². The topological polar surface area (TPSA) is 83.5 Å². The van der Waals surface area contributed by atoms with Crippen molar-refractivity contribution in [3.8, 4) is 0 Å². The van der Waals surface area contributed by atoms with Gasteiger partial charge in [-0.3, -0.25) is 9.59 Å². The maximum atomic E-state index is 10.9. The van der Waals surface area contributed by atoms with Crippen molar-refractivity contribution in [2.45, 2.75) is 32.2 Å². The number of carbonyl (C=O) groups is 3. The molecule has 2 N–H and O–H groups in total. The van der Waals surface area contributed by atoms with Crippen molar-refractivity contribution in [3.05, 3.63) is 0 Å². The number of carbonyl (C=O) groups excluding carboxylic acids is 2. The number of rotatable bonds is 6. The Bertz CT molecular complexity index is 202. The molecule has 0 aliphatic carbocycles. The fourth-order valence-corrected chi connectivity index (χ4v) is 0.760. The lowest BCUT2D eigenvalue weighted by atomic mass is 10.2. The van der Waals surface area contributed by atoms with Gasteiger partial charge in [0, 0.05) is 12.8 Å². The Labute approximate surface area is 76.1 Å². The number of aliphatic carboxylic acids is 1. The lowest BCUT2D eigenvalue weighted by Crippen LogP contribution is -2.33. The van der Waals surface area contributed by atoms with E-state index in [4.69, 9.17) is 5.11 Å². The molecule has 0 spiro atoms. The first-order valence-corrected chi connectivity index (χ1v) is 4.02. The number of hydrogen-bond donors (Lipinski definition) is 2. The van der Waals surface area contributed by atoms with Crippen LogP contribution in [-0.4, -0.2) is 29.3 Å². The first kappa shape index (κ1) is 11.6. The summed E-state index contributed by atoms with van der Waals surface area (Å²) in [5, 5.41) is 10.7. The van der Waals surface area contributed by atoms with Gasteiger partial charge in [-0.15, -0.1) is 0 Å². The van der Waals surface area contributed by atoms with Crippen LogP contribution in [0.2, 0.25) is 0 Å². The van der Waals surface area contributed by atoms with Gasteiger partial charge in [-0.1, -0.05) is 0 Å². The quantitative estimate of drug-likeness (QED) is 0.571. The van der Waals surface area contributed by atoms with Gasteiger partial charge in [0.2, 0.25) is 5.91 Å². The van der Waals surface area contributed by atoms with Crippen molar-refractivity contribution in [2.75, 3.05) is 0 Å². The van der Waals surface area contributed by atoms with Gasteiger partial charge in [0.1, 0.15) is 6.29 Å². The molecule has 0 heterocycles. The molecule has 0 bridgehead atoms. The fraction of sp³-hybridized carbons (Fsp3) is 0.625. The van der Waals surface area contributed by atoms with Crippen LogP contribution in [0.25, 0.3) is 0 Å². The number of aldehydes is 1. The third-order valence-corrected chi connectivity index (χ3v) is 1.39. The Hall–Kier alpha value is -1.39. The van der Waals surface area contributed by atoms with Crippen molar-refractivity contribution >= 4 is 18.2 Å². The third-order valence-electron chi connectivity index (χ3n) is 1.39. The SMILES string of the molecule is C[C@@H](C=O)NC(=O)CCCC(=O)O. The predicted molar refractivity (Wildman–Crippen MR) is 45.2 cm³/mol. The highest BCUT2D eigenvalue weighted by atomic mass is 16.4. The molecule has 13 heavy (non-hydrogen) atoms. The second-order valence-corrected chi connectivity index (χ2v) is 2.74. The summed E-state index contributed by atoms with van der Waals surface area (Å²) >= 11 is 0. The van der Waals surface area contributed by atoms with E-state index < -0.39 is 12.0 Å². The zero-order valence-corrected chi connectivity index (χ0v) is 7.45. The van der Waals surface area contributed by atoms with Gasteiger partial charge in [0.25, 0.3) is 0 Å². The summed E-state index contributed by atoms with van der Waals surface area (Å²) in [5.74, 6) is -1.21. The zero-order chi connectivity index (χ0) is 10.3. The van der Waals surface area contributed by atoms with Crippen LogP contribution in [0.15, 0.2) is 0 Å². The lowest BCUT2D eigenvalue weighted by molar-refractivity contribution is -0.137. The molecule has 0 radical (unpaired) electrons. The first-order valence-electron chi connectivity index (χ1n) is 4.02. The third kappa shape index (κ3) is 6.99. The largest absolute Gasteiger partial charge is 0.481 e. The van der Waals surface area contributed by atoms with E-state index in [0.29, 0.717) is 12.7 Å². The summed E-state index contributed by atoms with van der Waals surface area (Å²) in [6.07, 6.45) is 1.04. The highest BCUT2D eigenvalue weighted by molar-refractivity contribution is 5.79. The second-order valence-electron chi connectivity index (χ2n) is 2.74. The van der Waals surface area contributed by atoms with Crippen molar-refractivity contribution in [1.82, 2.24) is 5.32 Å². The summed E-state index contributed by atoms with van der Waals surface area (Å²) in [6.45, 7) is 1.56. The summed E-state index contributed by atoms with van der Waals surface area (Å²) < 4.78 is 0. The van der Waals surface area contributed by atoms with Gasteiger partial charge in [-0.25, -0.2) is 0 Å². The van der Waals surface area contributed by atoms with E-state index in [-0.39, 0.29) is 18.7 Å². The average molecular weight is 187 g/mol. The van der Waals surface area contributed by atoms with E-state index in [2.05, 4.69) is 5.32 Å². The average Bonchev–Trinajstić information content (AvgIpc) is 2.03. The van der Waals surface area contributed by atoms with Crippen molar-refractivity contribution < 1.29 is 19.5 Å². The van der Waals surface area contributed by atoms with Gasteiger partial charge >= 0.3 is 5.97 Å². The predicted octanol–water partition coefficient (Wildman–Crippen LogP) is -0.0551. The summed E-state index contributed by atoms with van der Waals surface area (Å²) in [7, 11) is 0. The molecule has 0 aromatic rings. The van der Waals surface area contributed by atoms with E-state index in [0.717, 1.165) is 0 Å². The molecule has 0 aliphatic rings. The van der Waals surface area contributed by atoms with E-state index in [1.807, 2.05) is 0 Å². The highest BCUT2D eigenvalue weighted by Crippen LogP contribution is 1.95. The number of carboxylic acid groups (broad SMARTS) is 1. The molecule has 0 aromatic carbocycles. The molecule has 0 saturated heterocycles. The Morgan fingerprint density at radius 1 is 1.46 bits per heavy atom. The van der Waals surface area contributed by atoms with Crippen molar-refractivity contribution in [2.24, 2.45) is 0 Å². The molecule has 0 rings (SSSR count). The van der Waals surface area contributed by atoms with E-state index in [1.54, 1.807) is 6.92 Å². The maximum Gasteiger partial charge on any atom is 0.303 e. The Kier molecular flexibility index (Phi) is 5.50. The molecule has 0 fully saturated rings. The van der Waals surface area contributed by atoms with Crippen molar-refractivity contribution in [3.63, 3.8) is 0 Å². The zero-order valence-electron chi connectivity index (χ0n) is 7.45. The van der Waals surface area contributed by atoms with E-state index in [1.165, 1.54) is 0 Å². The minimum Gasteiger partial charge on any atom is -0.481 e. The van der Waals surface area contributed by atoms with Gasteiger partial charge in [-0.05, 0) is 13.3 Å². The molecule has 1 atom stereocenters. The minimum absolute atomic E-state index is 0.0249. The maximum absolute atomic E-state index is 10.9. The number of hydrogen-bond acceptors (Lipinski definition) is 3. The van der Waals surface area contributed by atoms with Crippen LogP contribution in [0.5, 0.6) is 0 Å². The molecular formula is C8H13NO4. The molecule has 5 nitrogen and oxygen atoms in total. The van der Waals surface area contributed by atoms with Crippen LogP contribution in [0.4, 0.5) is 0 Å². The second kappa shape index (κ2) is 6.16. The van der Waals surface area contributed by atoms with Crippen LogP contribution >= 0.6 is 0 Å². The van der Waals surface area contributed by atoms with Gasteiger partial charge < -0.3 is 15.2 Å². The van der Waals surface area contributed by atoms with Crippen LogP contribution in [0.3, 0.4) is 0 Å². The molecule has 0 aromatic heterocycles. The van der Waals surface area contributed by atoms with Crippen LogP contribution < -0.4 is 5.32 Å². The van der Waals surface area contributed by atoms with Crippen molar-refractivity contribution in [1.29, 1.82) is 0 Å². The van der Waals surface area contributed by atoms with Gasteiger partial charge in [0.15, 0.2) is 0 Å². The fourth-order valence-electron chi connectivity index (χ4n) is 0.760. The number of nitrogens with one attached hydrogen (secondary N) is 1. The molecular weight excluding hydrogens is 174 g/mol. The molecule has 0 saturated carbocycles. The summed E-state index contributed by atoms with van der Waals surface area (Å²) in [4.78, 5) is 31.1. The monoisotopic (exact) mass is 187 g/mol. The van der Waals surface area contributed by atoms with Gasteiger partial charge in [0.05, 0.1) is 6.04 Å². The Balaban J connectivity index is 3.51. The molecule has 0 unspecified atom stereocenters. The number of carboxylic acids is 1. The van der Waals surface area contributed by atoms with E-state index in [9.17, 15) is 14.4 Å². The summed E-state index contributed by atoms with van der Waals surface area (Å²) in [5.41, 5.74) is 0. The Morgan fingerprint density at radius 3 is 2.54 bits per heavy atom. The normalized spacial score (nSPS) is 11.8. The minimum atomic E-state index is -0.920. The number of amides is 1. The van der Waals surface area contributed by atoms with E-state index >= 15 is 0 Å². The first-order chi connectivity index (χ1) is 6.06. The van der Waals surface area contributed by atoms with Crippen LogP contribution in [-0.2, 0) is 14.4 Å². The molecule has 5 heteroatoms. The highest BCUT2D eigenvalue weighted by Gasteiger charge is 2.06. The van der Waals surface area contributed by atoms with Crippen LogP contribution in [0.1, 0.15) is 26.2 Å². The standard InChI is InChI=1S/C8H13NO4/c1-6(5-10)9-7(11)3-2-4-8(12)13/h5-6H,2-4H2,1H3,(H,9,11)(H,12,13)/t6-/m0/s1. The molecule has 0 aliphatic heterocycles. The summed E-state index contributed by atoms with van der Waals surface area (Å²) in [6, 6.07) is -0.502. The van der Waals surface area contributed by atoms with Crippen LogP contribution in [0, 0.1) is 0 Å².